The third kappa shape index (κ3) is 2.41. The van der Waals surface area contributed by atoms with Crippen molar-refractivity contribution < 1.29 is 15.3 Å². The molecule has 0 amide bonds. The van der Waals surface area contributed by atoms with Crippen LogP contribution in [0, 0.1) is 0 Å². The van der Waals surface area contributed by atoms with Gasteiger partial charge in [0.15, 0.2) is 0 Å². The fourth-order valence-corrected chi connectivity index (χ4v) is 2.23. The van der Waals surface area contributed by atoms with E-state index in [2.05, 4.69) is 0 Å². The first-order valence-corrected chi connectivity index (χ1v) is 5.90. The highest BCUT2D eigenvalue weighted by Crippen LogP contribution is 2.30. The maximum atomic E-state index is 9.80. The average Bonchev–Trinajstić information content (AvgIpc) is 2.68. The minimum absolute atomic E-state index is 0.304. The Morgan fingerprint density at radius 3 is 2.67 bits per heavy atom. The number of hydrogen-bond acceptors (Lipinski definition) is 6. The van der Waals surface area contributed by atoms with Crippen LogP contribution >= 0.6 is 0 Å². The molecule has 18 heavy (non-hydrogen) atoms. The van der Waals surface area contributed by atoms with E-state index in [1.807, 2.05) is 4.90 Å². The van der Waals surface area contributed by atoms with Crippen LogP contribution < -0.4 is 16.4 Å². The van der Waals surface area contributed by atoms with E-state index < -0.39 is 12.2 Å². The molecule has 6 nitrogen and oxygen atoms in total. The van der Waals surface area contributed by atoms with E-state index in [9.17, 15) is 10.2 Å². The van der Waals surface area contributed by atoms with Gasteiger partial charge in [-0.15, -0.1) is 0 Å². The lowest BCUT2D eigenvalue weighted by atomic mass is 10.1. The zero-order valence-corrected chi connectivity index (χ0v) is 10.0. The molecule has 1 fully saturated rings. The highest BCUT2D eigenvalue weighted by Gasteiger charge is 2.30. The number of nitrogens with zero attached hydrogens (tertiary/aromatic N) is 1. The summed E-state index contributed by atoms with van der Waals surface area (Å²) < 4.78 is 0. The molecule has 2 rings (SSSR count). The van der Waals surface area contributed by atoms with Gasteiger partial charge in [0.25, 0.3) is 0 Å². The minimum Gasteiger partial charge on any atom is -0.399 e. The van der Waals surface area contributed by atoms with E-state index in [4.69, 9.17) is 16.6 Å². The molecular formula is C12H19N3O3. The van der Waals surface area contributed by atoms with E-state index in [-0.39, 0.29) is 12.6 Å². The molecule has 1 saturated heterocycles. The van der Waals surface area contributed by atoms with Gasteiger partial charge in [0.2, 0.25) is 0 Å². The molecule has 1 aliphatic heterocycles. The smallest absolute Gasteiger partial charge is 0.104 e. The molecule has 0 spiro atoms. The van der Waals surface area contributed by atoms with E-state index in [0.29, 0.717) is 24.3 Å². The Balaban J connectivity index is 2.32. The first kappa shape index (κ1) is 13.1. The van der Waals surface area contributed by atoms with Crippen molar-refractivity contribution in [3.63, 3.8) is 0 Å². The van der Waals surface area contributed by atoms with Crippen LogP contribution in [0.4, 0.5) is 11.4 Å². The van der Waals surface area contributed by atoms with Crippen LogP contribution in [0.2, 0.25) is 0 Å². The maximum Gasteiger partial charge on any atom is 0.104 e. The monoisotopic (exact) mass is 253 g/mol. The third-order valence-electron chi connectivity index (χ3n) is 3.26. The van der Waals surface area contributed by atoms with Crippen LogP contribution in [-0.2, 0) is 0 Å². The van der Waals surface area contributed by atoms with Gasteiger partial charge in [-0.2, -0.15) is 0 Å². The first-order chi connectivity index (χ1) is 8.52. The molecule has 3 unspecified atom stereocenters. The molecule has 3 atom stereocenters. The fraction of sp³-hybridized carbons (Fsp3) is 0.500. The molecule has 1 aromatic rings. The van der Waals surface area contributed by atoms with Crippen molar-refractivity contribution in [1.29, 1.82) is 0 Å². The van der Waals surface area contributed by atoms with Crippen molar-refractivity contribution in [1.82, 2.24) is 0 Å². The molecule has 7 N–H and O–H groups in total. The van der Waals surface area contributed by atoms with E-state index in [0.717, 1.165) is 5.69 Å². The number of aliphatic hydroxyl groups excluding tert-OH is 3. The summed E-state index contributed by atoms with van der Waals surface area (Å²) in [7, 11) is 0. The van der Waals surface area contributed by atoms with Crippen molar-refractivity contribution >= 4 is 11.4 Å². The van der Waals surface area contributed by atoms with E-state index in [1.54, 1.807) is 18.2 Å². The molecule has 1 aliphatic rings. The molecule has 0 radical (unpaired) electrons. The summed E-state index contributed by atoms with van der Waals surface area (Å²) in [4.78, 5) is 1.89. The highest BCUT2D eigenvalue weighted by molar-refractivity contribution is 5.61. The number of hydrogen-bond donors (Lipinski definition) is 5. The Hall–Kier alpha value is -1.34. The second-order valence-corrected chi connectivity index (χ2v) is 4.65. The second-order valence-electron chi connectivity index (χ2n) is 4.65. The van der Waals surface area contributed by atoms with Crippen molar-refractivity contribution in [2.75, 3.05) is 30.3 Å². The summed E-state index contributed by atoms with van der Waals surface area (Å²) in [6.45, 7) is 0.547. The highest BCUT2D eigenvalue weighted by atomic mass is 16.3. The number of β-amino-alcohol motifs (C(OH)–C–C–N with tert-alkyl or cyclic N) is 1. The summed E-state index contributed by atoms with van der Waals surface area (Å²) in [6, 6.07) is 4.82. The summed E-state index contributed by atoms with van der Waals surface area (Å²) in [5.74, 6) is 0. The normalized spacial score (nSPS) is 25.4. The number of rotatable bonds is 3. The Morgan fingerprint density at radius 1 is 1.39 bits per heavy atom. The van der Waals surface area contributed by atoms with Crippen LogP contribution in [0.3, 0.4) is 0 Å². The van der Waals surface area contributed by atoms with Gasteiger partial charge in [-0.25, -0.2) is 0 Å². The maximum absolute atomic E-state index is 9.80. The predicted octanol–water partition coefficient (Wildman–Crippen LogP) is -1.20. The van der Waals surface area contributed by atoms with Crippen molar-refractivity contribution in [2.45, 2.75) is 18.2 Å². The standard InChI is InChI=1S/C12H19N3O3/c13-7-1-2-10(8(3-7)12(18)6-16)15-4-9(14)11(17)5-15/h1-3,9,11-12,16-18H,4-6,13-14H2. The summed E-state index contributed by atoms with van der Waals surface area (Å²) in [5, 5.41) is 28.5. The summed E-state index contributed by atoms with van der Waals surface area (Å²) in [5.41, 5.74) is 13.3. The van der Waals surface area contributed by atoms with E-state index in [1.165, 1.54) is 0 Å². The molecule has 6 heteroatoms. The van der Waals surface area contributed by atoms with Gasteiger partial charge in [-0.05, 0) is 18.2 Å². The van der Waals surface area contributed by atoms with Crippen molar-refractivity contribution in [2.24, 2.45) is 5.73 Å². The van der Waals surface area contributed by atoms with Crippen molar-refractivity contribution in [3.05, 3.63) is 23.8 Å². The largest absolute Gasteiger partial charge is 0.399 e. The van der Waals surface area contributed by atoms with Crippen LogP contribution in [0.5, 0.6) is 0 Å². The van der Waals surface area contributed by atoms with Crippen molar-refractivity contribution in [3.8, 4) is 0 Å². The van der Waals surface area contributed by atoms with Crippen LogP contribution in [0.25, 0.3) is 0 Å². The van der Waals surface area contributed by atoms with Gasteiger partial charge < -0.3 is 31.7 Å². The fourth-order valence-electron chi connectivity index (χ4n) is 2.23. The molecule has 1 aromatic carbocycles. The van der Waals surface area contributed by atoms with Gasteiger partial charge >= 0.3 is 0 Å². The minimum atomic E-state index is -0.988. The molecule has 0 aliphatic carbocycles. The van der Waals surface area contributed by atoms with E-state index >= 15 is 0 Å². The number of anilines is 2. The molecule has 0 saturated carbocycles. The van der Waals surface area contributed by atoms with Gasteiger partial charge in [-0.3, -0.25) is 0 Å². The average molecular weight is 253 g/mol. The quantitative estimate of drug-likeness (QED) is 0.432. The van der Waals surface area contributed by atoms with Crippen LogP contribution in [0.1, 0.15) is 11.7 Å². The number of aliphatic hydroxyl groups is 3. The van der Waals surface area contributed by atoms with Crippen LogP contribution in [-0.4, -0.2) is 47.2 Å². The molecule has 100 valence electrons. The van der Waals surface area contributed by atoms with Gasteiger partial charge in [0.1, 0.15) is 6.10 Å². The summed E-state index contributed by atoms with van der Waals surface area (Å²) >= 11 is 0. The third-order valence-corrected chi connectivity index (χ3v) is 3.26. The molecule has 0 aromatic heterocycles. The van der Waals surface area contributed by atoms with Crippen LogP contribution in [0.15, 0.2) is 18.2 Å². The summed E-state index contributed by atoms with van der Waals surface area (Å²) in [6.07, 6.45) is -1.57. The Bertz CT molecular complexity index is 417. The second kappa shape index (κ2) is 5.11. The Labute approximate surface area is 105 Å². The lowest BCUT2D eigenvalue weighted by Crippen LogP contribution is -2.32. The number of nitrogens with two attached hydrogens (primary N) is 2. The van der Waals surface area contributed by atoms with Gasteiger partial charge in [-0.1, -0.05) is 0 Å². The molecule has 0 bridgehead atoms. The van der Waals surface area contributed by atoms with Gasteiger partial charge in [0.05, 0.1) is 12.7 Å². The predicted molar refractivity (Wildman–Crippen MR) is 69.1 cm³/mol. The lowest BCUT2D eigenvalue weighted by molar-refractivity contribution is 0.0959. The number of benzene rings is 1. The Morgan fingerprint density at radius 2 is 2.11 bits per heavy atom. The first-order valence-electron chi connectivity index (χ1n) is 5.90. The Kier molecular flexibility index (Phi) is 3.72. The molecule has 1 heterocycles. The van der Waals surface area contributed by atoms with Gasteiger partial charge in [0, 0.05) is 36.1 Å². The SMILES string of the molecule is Nc1ccc(N2CC(N)C(O)C2)c(C(O)CO)c1. The zero-order valence-electron chi connectivity index (χ0n) is 10.0. The topological polar surface area (TPSA) is 116 Å². The zero-order chi connectivity index (χ0) is 13.3. The number of nitrogen functional groups attached to an aromatic ring is 1. The lowest BCUT2D eigenvalue weighted by Gasteiger charge is -2.23. The molecular weight excluding hydrogens is 234 g/mol.